The summed E-state index contributed by atoms with van der Waals surface area (Å²) in [6, 6.07) is 14.9. The second kappa shape index (κ2) is 14.0. The Morgan fingerprint density at radius 3 is 2.37 bits per heavy atom. The fraction of sp³-hybridized carbons (Fsp3) is 0.182. The number of carbonyl (C=O) groups excluding carboxylic acids is 2. The number of hydrogen-bond donors (Lipinski definition) is 3. The van der Waals surface area contributed by atoms with Crippen LogP contribution in [0.4, 0.5) is 11.6 Å². The van der Waals surface area contributed by atoms with Crippen molar-refractivity contribution >= 4 is 40.6 Å². The number of aromatic nitrogens is 6. The first-order valence-electron chi connectivity index (χ1n) is 14.2. The van der Waals surface area contributed by atoms with Crippen LogP contribution in [0.25, 0.3) is 16.6 Å². The van der Waals surface area contributed by atoms with Crippen LogP contribution in [-0.4, -0.2) is 47.1 Å². The van der Waals surface area contributed by atoms with E-state index >= 15 is 0 Å². The fourth-order valence-electron chi connectivity index (χ4n) is 4.83. The average molecular weight is 619 g/mol. The Balaban J connectivity index is 0.000000288. The van der Waals surface area contributed by atoms with Crippen LogP contribution in [0.1, 0.15) is 52.8 Å². The molecule has 2 amide bonds. The van der Waals surface area contributed by atoms with Crippen LogP contribution < -0.4 is 22.8 Å². The van der Waals surface area contributed by atoms with Gasteiger partial charge in [-0.2, -0.15) is 10.2 Å². The van der Waals surface area contributed by atoms with Crippen molar-refractivity contribution in [1.29, 1.82) is 0 Å². The largest absolute Gasteiger partial charge is 0.381 e. The minimum Gasteiger partial charge on any atom is -0.381 e. The second-order valence-corrected chi connectivity index (χ2v) is 10.1. The van der Waals surface area contributed by atoms with E-state index in [1.807, 2.05) is 49.4 Å². The monoisotopic (exact) mass is 618 g/mol. The van der Waals surface area contributed by atoms with Gasteiger partial charge in [0.1, 0.15) is 11.4 Å². The average Bonchev–Trinajstić information content (AvgIpc) is 3.55. The van der Waals surface area contributed by atoms with Crippen LogP contribution >= 0.6 is 0 Å². The highest BCUT2D eigenvalue weighted by molar-refractivity contribution is 6.02. The number of para-hydroxylation sites is 1. The van der Waals surface area contributed by atoms with E-state index in [4.69, 9.17) is 22.2 Å². The van der Waals surface area contributed by atoms with Crippen LogP contribution in [0.2, 0.25) is 0 Å². The summed E-state index contributed by atoms with van der Waals surface area (Å²) in [4.78, 5) is 45.0. The molecule has 0 radical (unpaired) electrons. The summed E-state index contributed by atoms with van der Waals surface area (Å²) >= 11 is 0. The Kier molecular flexibility index (Phi) is 9.93. The summed E-state index contributed by atoms with van der Waals surface area (Å²) in [7, 11) is 3.37. The Morgan fingerprint density at radius 1 is 1.04 bits per heavy atom. The van der Waals surface area contributed by atoms with Crippen molar-refractivity contribution < 1.29 is 9.59 Å². The molecule has 46 heavy (non-hydrogen) atoms. The van der Waals surface area contributed by atoms with Gasteiger partial charge in [0.05, 0.1) is 40.0 Å². The smallest absolute Gasteiger partial charge is 0.267 e. The highest BCUT2D eigenvalue weighted by Crippen LogP contribution is 2.23. The van der Waals surface area contributed by atoms with Gasteiger partial charge in [-0.3, -0.25) is 23.6 Å². The number of carbonyl (C=O) groups is 2. The van der Waals surface area contributed by atoms with E-state index in [2.05, 4.69) is 33.6 Å². The lowest BCUT2D eigenvalue weighted by Gasteiger charge is -2.13. The number of benzene rings is 2. The third kappa shape index (κ3) is 6.61. The van der Waals surface area contributed by atoms with Crippen molar-refractivity contribution in [1.82, 2.24) is 29.1 Å². The van der Waals surface area contributed by atoms with E-state index in [1.165, 1.54) is 17.0 Å². The SMILES string of the molecule is C=C/C=N\c1c(C(N)=O)c(N)nn1C.CCc1nc2cccc(C#Cc3cnn(C)c3C(C)C(N)=O)c2c(=O)n1-c1ccccc1. The summed E-state index contributed by atoms with van der Waals surface area (Å²) in [5.41, 5.74) is 19.2. The van der Waals surface area contributed by atoms with Crippen molar-refractivity contribution in [2.75, 3.05) is 5.73 Å². The molecule has 1 unspecified atom stereocenters. The second-order valence-electron chi connectivity index (χ2n) is 10.1. The van der Waals surface area contributed by atoms with Gasteiger partial charge < -0.3 is 17.2 Å². The molecule has 3 aromatic heterocycles. The normalized spacial score (nSPS) is 11.4. The molecule has 0 aliphatic heterocycles. The molecule has 234 valence electrons. The van der Waals surface area contributed by atoms with Crippen molar-refractivity contribution in [3.8, 4) is 17.5 Å². The molecule has 2 aromatic carbocycles. The molecule has 5 rings (SSSR count). The Hall–Kier alpha value is -6.29. The van der Waals surface area contributed by atoms with Crippen molar-refractivity contribution in [3.05, 3.63) is 106 Å². The molecular weight excluding hydrogens is 584 g/mol. The summed E-state index contributed by atoms with van der Waals surface area (Å²) in [6.07, 6.45) is 5.12. The van der Waals surface area contributed by atoms with Crippen LogP contribution in [-0.2, 0) is 25.3 Å². The van der Waals surface area contributed by atoms with E-state index in [0.29, 0.717) is 45.8 Å². The number of nitrogens with two attached hydrogens (primary N) is 3. The maximum Gasteiger partial charge on any atom is 0.267 e. The first-order valence-corrected chi connectivity index (χ1v) is 14.2. The molecule has 0 spiro atoms. The molecule has 0 aliphatic rings. The zero-order chi connectivity index (χ0) is 33.5. The number of rotatable bonds is 7. The van der Waals surface area contributed by atoms with Crippen LogP contribution in [0.15, 0.2) is 77.2 Å². The zero-order valence-corrected chi connectivity index (χ0v) is 25.9. The lowest BCUT2D eigenvalue weighted by atomic mass is 10.0. The first kappa shape index (κ1) is 32.6. The van der Waals surface area contributed by atoms with Gasteiger partial charge in [0.25, 0.3) is 11.5 Å². The topological polar surface area (TPSA) is 195 Å². The Labute approximate surface area is 265 Å². The van der Waals surface area contributed by atoms with Gasteiger partial charge in [0.2, 0.25) is 5.91 Å². The van der Waals surface area contributed by atoms with E-state index in [0.717, 1.165) is 5.69 Å². The number of fused-ring (bicyclic) bond motifs is 1. The molecule has 0 saturated carbocycles. The van der Waals surface area contributed by atoms with Gasteiger partial charge in [-0.05, 0) is 31.2 Å². The number of aryl methyl sites for hydroxylation is 3. The molecule has 6 N–H and O–H groups in total. The highest BCUT2D eigenvalue weighted by Gasteiger charge is 2.20. The molecule has 0 bridgehead atoms. The van der Waals surface area contributed by atoms with Gasteiger partial charge in [0.15, 0.2) is 11.6 Å². The van der Waals surface area contributed by atoms with Gasteiger partial charge in [-0.1, -0.05) is 55.7 Å². The molecule has 13 heteroatoms. The fourth-order valence-corrected chi connectivity index (χ4v) is 4.83. The molecule has 1 atom stereocenters. The molecule has 0 fully saturated rings. The lowest BCUT2D eigenvalue weighted by molar-refractivity contribution is -0.119. The third-order valence-electron chi connectivity index (χ3n) is 7.04. The quantitative estimate of drug-likeness (QED) is 0.184. The van der Waals surface area contributed by atoms with E-state index in [9.17, 15) is 14.4 Å². The summed E-state index contributed by atoms with van der Waals surface area (Å²) in [6.45, 7) is 7.15. The van der Waals surface area contributed by atoms with Gasteiger partial charge >= 0.3 is 0 Å². The molecular formula is C33H34N10O3. The number of anilines is 1. The summed E-state index contributed by atoms with van der Waals surface area (Å²) in [5, 5.41) is 8.50. The predicted octanol–water partition coefficient (Wildman–Crippen LogP) is 2.66. The standard InChI is InChI=1S/C25H23N5O2.C8H11N5O/c1-4-21-28-20-12-8-9-17(22(20)25(32)30(21)19-10-6-5-7-11-19)13-14-18-15-27-29(3)23(18)16(2)24(26)31;1-3-4-11-8-5(7(10)14)6(9)12-13(8)2/h5-12,15-16H,4H2,1-3H3,(H2,26,31);3-4H,1H2,2H3,(H2,9,12)(H2,10,14)/b;11-4-. The molecule has 0 saturated heterocycles. The minimum absolute atomic E-state index is 0.0798. The third-order valence-corrected chi connectivity index (χ3v) is 7.04. The number of aliphatic imine (C=N–C) groups is 1. The summed E-state index contributed by atoms with van der Waals surface area (Å²) < 4.78 is 4.62. The maximum atomic E-state index is 13.6. The van der Waals surface area contributed by atoms with E-state index in [1.54, 1.807) is 42.5 Å². The van der Waals surface area contributed by atoms with Crippen LogP contribution in [0, 0.1) is 11.8 Å². The van der Waals surface area contributed by atoms with Crippen LogP contribution in [0.3, 0.4) is 0 Å². The number of allylic oxidation sites excluding steroid dienone is 1. The number of hydrogen-bond acceptors (Lipinski definition) is 8. The van der Waals surface area contributed by atoms with E-state index < -0.39 is 17.7 Å². The van der Waals surface area contributed by atoms with Crippen molar-refractivity contribution in [3.63, 3.8) is 0 Å². The van der Waals surface area contributed by atoms with Gasteiger partial charge in [0, 0.05) is 32.3 Å². The molecule has 5 aromatic rings. The van der Waals surface area contributed by atoms with Gasteiger partial charge in [-0.15, -0.1) is 0 Å². The molecule has 13 nitrogen and oxygen atoms in total. The predicted molar refractivity (Wildman–Crippen MR) is 178 cm³/mol. The van der Waals surface area contributed by atoms with E-state index in [-0.39, 0.29) is 16.9 Å². The van der Waals surface area contributed by atoms with Gasteiger partial charge in [-0.25, -0.2) is 14.7 Å². The molecule has 3 heterocycles. The number of primary amides is 2. The van der Waals surface area contributed by atoms with Crippen LogP contribution in [0.5, 0.6) is 0 Å². The first-order chi connectivity index (χ1) is 22.0. The number of nitrogen functional groups attached to an aromatic ring is 1. The minimum atomic E-state index is -0.646. The van der Waals surface area contributed by atoms with Crippen molar-refractivity contribution in [2.24, 2.45) is 30.6 Å². The van der Waals surface area contributed by atoms with Crippen molar-refractivity contribution in [2.45, 2.75) is 26.2 Å². The summed E-state index contributed by atoms with van der Waals surface area (Å²) in [5.74, 6) is 5.63. The zero-order valence-electron chi connectivity index (χ0n) is 25.9. The maximum absolute atomic E-state index is 13.6. The Morgan fingerprint density at radius 2 is 1.74 bits per heavy atom. The molecule has 0 aliphatic carbocycles. The number of amides is 2. The highest BCUT2D eigenvalue weighted by atomic mass is 16.1. The Bertz CT molecular complexity index is 2090. The number of nitrogens with zero attached hydrogens (tertiary/aromatic N) is 7. The lowest BCUT2D eigenvalue weighted by Crippen LogP contribution is -2.24.